The largest absolute Gasteiger partial charge is 0.342 e. The molecule has 1 fully saturated rings. The fourth-order valence-electron chi connectivity index (χ4n) is 3.86. The van der Waals surface area contributed by atoms with Crippen LogP contribution < -0.4 is 10.0 Å². The second kappa shape index (κ2) is 10.7. The van der Waals surface area contributed by atoms with E-state index in [0.717, 1.165) is 17.5 Å². The molecular weight excluding hydrogens is 452 g/mol. The van der Waals surface area contributed by atoms with Crippen LogP contribution in [0.4, 0.5) is 5.82 Å². The molecule has 2 heterocycles. The smallest absolute Gasteiger partial charge is 0.240 e. The minimum Gasteiger partial charge on any atom is -0.342 e. The lowest BCUT2D eigenvalue weighted by Gasteiger charge is -2.32. The number of aromatic nitrogens is 1. The normalized spacial score (nSPS) is 16.8. The molecule has 0 bridgehead atoms. The second-order valence-corrected chi connectivity index (χ2v) is 11.6. The Hall–Kier alpha value is -2.78. The first kappa shape index (κ1) is 25.8. The van der Waals surface area contributed by atoms with Gasteiger partial charge in [0.15, 0.2) is 0 Å². The van der Waals surface area contributed by atoms with Crippen molar-refractivity contribution in [2.45, 2.75) is 57.3 Å². The van der Waals surface area contributed by atoms with Crippen molar-refractivity contribution >= 4 is 27.7 Å². The van der Waals surface area contributed by atoms with Gasteiger partial charge in [-0.15, -0.1) is 0 Å². The van der Waals surface area contributed by atoms with Gasteiger partial charge in [0.05, 0.1) is 10.8 Å². The first-order valence-corrected chi connectivity index (χ1v) is 13.1. The van der Waals surface area contributed by atoms with Crippen LogP contribution in [0.2, 0.25) is 0 Å². The molecule has 2 N–H and O–H groups in total. The van der Waals surface area contributed by atoms with Crippen LogP contribution in [0.15, 0.2) is 47.5 Å². The van der Waals surface area contributed by atoms with E-state index in [-0.39, 0.29) is 41.0 Å². The fourth-order valence-corrected chi connectivity index (χ4v) is 4.89. The van der Waals surface area contributed by atoms with Gasteiger partial charge in [-0.05, 0) is 54.5 Å². The molecule has 1 aliphatic rings. The van der Waals surface area contributed by atoms with Crippen LogP contribution in [0.3, 0.4) is 0 Å². The number of sulfonamides is 1. The lowest BCUT2D eigenvalue weighted by molar-refractivity contribution is -0.134. The van der Waals surface area contributed by atoms with Crippen molar-refractivity contribution < 1.29 is 18.0 Å². The average Bonchev–Trinajstić information content (AvgIpc) is 2.80. The third-order valence-corrected chi connectivity index (χ3v) is 7.45. The maximum absolute atomic E-state index is 12.7. The van der Waals surface area contributed by atoms with Crippen LogP contribution in [0.1, 0.15) is 51.2 Å². The van der Waals surface area contributed by atoms with Crippen LogP contribution in [0.5, 0.6) is 0 Å². The number of benzene rings is 1. The molecule has 34 heavy (non-hydrogen) atoms. The number of carbonyl (C=O) groups is 2. The Morgan fingerprint density at radius 2 is 1.82 bits per heavy atom. The molecular formula is C25H34N4O4S. The Kier molecular flexibility index (Phi) is 8.09. The number of rotatable bonds is 7. The Labute approximate surface area is 202 Å². The summed E-state index contributed by atoms with van der Waals surface area (Å²) in [6.07, 6.45) is 3.13. The molecule has 0 spiro atoms. The van der Waals surface area contributed by atoms with E-state index in [1.807, 2.05) is 25.1 Å². The number of hydrogen-bond donors (Lipinski definition) is 2. The molecule has 0 radical (unpaired) electrons. The van der Waals surface area contributed by atoms with Crippen molar-refractivity contribution in [3.8, 4) is 0 Å². The summed E-state index contributed by atoms with van der Waals surface area (Å²) in [7, 11) is -3.70. The molecule has 1 saturated heterocycles. The van der Waals surface area contributed by atoms with Gasteiger partial charge < -0.3 is 10.2 Å². The molecule has 1 unspecified atom stereocenters. The van der Waals surface area contributed by atoms with Crippen LogP contribution in [0.25, 0.3) is 0 Å². The number of nitrogens with zero attached hydrogens (tertiary/aromatic N) is 2. The molecule has 8 nitrogen and oxygen atoms in total. The summed E-state index contributed by atoms with van der Waals surface area (Å²) in [4.78, 5) is 31.3. The highest BCUT2D eigenvalue weighted by Crippen LogP contribution is 2.23. The Balaban J connectivity index is 1.50. The number of hydrogen-bond acceptors (Lipinski definition) is 5. The maximum atomic E-state index is 12.7. The van der Waals surface area contributed by atoms with Crippen molar-refractivity contribution in [1.82, 2.24) is 14.6 Å². The van der Waals surface area contributed by atoms with Gasteiger partial charge in [-0.1, -0.05) is 39.0 Å². The predicted molar refractivity (Wildman–Crippen MR) is 132 cm³/mol. The van der Waals surface area contributed by atoms with Crippen LogP contribution in [0, 0.1) is 12.8 Å². The van der Waals surface area contributed by atoms with Gasteiger partial charge in [-0.2, -0.15) is 0 Å². The third kappa shape index (κ3) is 6.87. The number of pyridine rings is 1. The molecule has 2 aromatic rings. The molecule has 0 aliphatic carbocycles. The Morgan fingerprint density at radius 1 is 1.12 bits per heavy atom. The van der Waals surface area contributed by atoms with Crippen molar-refractivity contribution in [2.24, 2.45) is 5.92 Å². The monoisotopic (exact) mass is 486 g/mol. The zero-order valence-electron chi connectivity index (χ0n) is 20.3. The molecule has 184 valence electrons. The van der Waals surface area contributed by atoms with Crippen molar-refractivity contribution in [2.75, 3.05) is 25.0 Å². The average molecular weight is 487 g/mol. The number of carbonyl (C=O) groups excluding carboxylic acids is 2. The predicted octanol–water partition coefficient (Wildman–Crippen LogP) is 3.23. The summed E-state index contributed by atoms with van der Waals surface area (Å²) in [6.45, 7) is 9.00. The van der Waals surface area contributed by atoms with Gasteiger partial charge in [0, 0.05) is 32.3 Å². The van der Waals surface area contributed by atoms with Crippen LogP contribution in [-0.4, -0.2) is 49.8 Å². The van der Waals surface area contributed by atoms with E-state index in [2.05, 4.69) is 35.8 Å². The van der Waals surface area contributed by atoms with E-state index in [1.54, 1.807) is 29.3 Å². The highest BCUT2D eigenvalue weighted by atomic mass is 32.2. The number of piperidine rings is 1. The van der Waals surface area contributed by atoms with Gasteiger partial charge >= 0.3 is 0 Å². The highest BCUT2D eigenvalue weighted by Gasteiger charge is 2.28. The SMILES string of the molecule is Cc1ccc(NC(=O)C2CCCN(C(=O)CCNS(=O)(=O)c3ccc(C(C)(C)C)cc3)C2)nc1. The third-order valence-electron chi connectivity index (χ3n) is 5.97. The molecule has 1 aromatic carbocycles. The first-order valence-electron chi connectivity index (χ1n) is 11.6. The molecule has 0 saturated carbocycles. The topological polar surface area (TPSA) is 108 Å². The van der Waals surface area contributed by atoms with E-state index in [0.29, 0.717) is 25.3 Å². The van der Waals surface area contributed by atoms with Crippen LogP contribution >= 0.6 is 0 Å². The van der Waals surface area contributed by atoms with Crippen molar-refractivity contribution in [3.63, 3.8) is 0 Å². The number of anilines is 1. The van der Waals surface area contributed by atoms with Crippen molar-refractivity contribution in [3.05, 3.63) is 53.7 Å². The summed E-state index contributed by atoms with van der Waals surface area (Å²) in [5.41, 5.74) is 1.98. The van der Waals surface area contributed by atoms with E-state index in [9.17, 15) is 18.0 Å². The van der Waals surface area contributed by atoms with Crippen LogP contribution in [-0.2, 0) is 25.0 Å². The first-order chi connectivity index (χ1) is 16.0. The van der Waals surface area contributed by atoms with E-state index in [1.165, 1.54) is 0 Å². The van der Waals surface area contributed by atoms with Gasteiger partial charge in [-0.3, -0.25) is 9.59 Å². The number of likely N-dealkylation sites (tertiary alicyclic amines) is 1. The minimum atomic E-state index is -3.70. The summed E-state index contributed by atoms with van der Waals surface area (Å²) < 4.78 is 27.7. The quantitative estimate of drug-likeness (QED) is 0.625. The summed E-state index contributed by atoms with van der Waals surface area (Å²) in [5, 5.41) is 2.81. The number of amides is 2. The van der Waals surface area contributed by atoms with Gasteiger partial charge in [0.1, 0.15) is 5.82 Å². The number of aryl methyl sites for hydroxylation is 1. The molecule has 9 heteroatoms. The van der Waals surface area contributed by atoms with E-state index >= 15 is 0 Å². The van der Waals surface area contributed by atoms with E-state index in [4.69, 9.17) is 0 Å². The van der Waals surface area contributed by atoms with E-state index < -0.39 is 10.0 Å². The summed E-state index contributed by atoms with van der Waals surface area (Å²) >= 11 is 0. The Bertz CT molecular complexity index is 1110. The molecule has 2 amide bonds. The Morgan fingerprint density at radius 3 is 2.44 bits per heavy atom. The van der Waals surface area contributed by atoms with Crippen molar-refractivity contribution in [1.29, 1.82) is 0 Å². The highest BCUT2D eigenvalue weighted by molar-refractivity contribution is 7.89. The number of nitrogens with one attached hydrogen (secondary N) is 2. The fraction of sp³-hybridized carbons (Fsp3) is 0.480. The summed E-state index contributed by atoms with van der Waals surface area (Å²) in [5.74, 6) is -0.159. The molecule has 1 atom stereocenters. The maximum Gasteiger partial charge on any atom is 0.240 e. The standard InChI is InChI=1S/C25H34N4O4S/c1-18-7-12-22(26-16-18)28-24(31)19-6-5-15-29(17-19)23(30)13-14-27-34(32,33)21-10-8-20(9-11-21)25(2,3)4/h7-12,16,19,27H,5-6,13-15,17H2,1-4H3,(H,26,28,31). The van der Waals surface area contributed by atoms with Gasteiger partial charge in [0.25, 0.3) is 0 Å². The lowest BCUT2D eigenvalue weighted by Crippen LogP contribution is -2.44. The minimum absolute atomic E-state index is 0.00282. The molecule has 3 rings (SSSR count). The van der Waals surface area contributed by atoms with Gasteiger partial charge in [-0.25, -0.2) is 18.1 Å². The zero-order valence-corrected chi connectivity index (χ0v) is 21.1. The zero-order chi connectivity index (χ0) is 24.9. The molecule has 1 aromatic heterocycles. The summed E-state index contributed by atoms with van der Waals surface area (Å²) in [6, 6.07) is 10.4. The van der Waals surface area contributed by atoms with Gasteiger partial charge in [0.2, 0.25) is 21.8 Å². The lowest BCUT2D eigenvalue weighted by atomic mass is 9.87. The molecule has 1 aliphatic heterocycles. The second-order valence-electron chi connectivity index (χ2n) is 9.81.